The van der Waals surface area contributed by atoms with Gasteiger partial charge in [-0.25, -0.2) is 4.79 Å². The first-order valence-corrected chi connectivity index (χ1v) is 7.90. The molecular weight excluding hydrogens is 316 g/mol. The molecule has 0 bridgehead atoms. The van der Waals surface area contributed by atoms with E-state index < -0.39 is 5.60 Å². The van der Waals surface area contributed by atoms with Crippen molar-refractivity contribution in [1.82, 2.24) is 10.6 Å². The first-order chi connectivity index (χ1) is 11.0. The largest absolute Gasteiger partial charge is 0.466 e. The fourth-order valence-electron chi connectivity index (χ4n) is 2.60. The van der Waals surface area contributed by atoms with Gasteiger partial charge in [-0.2, -0.15) is 0 Å². The monoisotopic (exact) mass is 334 g/mol. The van der Waals surface area contributed by atoms with E-state index in [1.165, 1.54) is 6.26 Å². The number of urea groups is 1. The number of amides is 2. The molecule has 122 valence electrons. The predicted octanol–water partition coefficient (Wildman–Crippen LogP) is 3.00. The van der Waals surface area contributed by atoms with Crippen molar-refractivity contribution < 1.29 is 14.3 Å². The Hall–Kier alpha value is -1.98. The molecule has 23 heavy (non-hydrogen) atoms. The summed E-state index contributed by atoms with van der Waals surface area (Å²) in [6, 6.07) is 10.9. The summed E-state index contributed by atoms with van der Waals surface area (Å²) in [7, 11) is 0. The van der Waals surface area contributed by atoms with Crippen LogP contribution in [0.2, 0.25) is 5.02 Å². The van der Waals surface area contributed by atoms with Crippen LogP contribution in [0.4, 0.5) is 4.79 Å². The van der Waals surface area contributed by atoms with E-state index in [-0.39, 0.29) is 18.6 Å². The first kappa shape index (κ1) is 15.9. The van der Waals surface area contributed by atoms with Crippen molar-refractivity contribution in [3.05, 3.63) is 59.0 Å². The lowest BCUT2D eigenvalue weighted by Crippen LogP contribution is -2.44. The Morgan fingerprint density at radius 1 is 1.43 bits per heavy atom. The summed E-state index contributed by atoms with van der Waals surface area (Å²) in [5.74, 6) is 0.714. The molecule has 1 aliphatic rings. The molecule has 3 unspecified atom stereocenters. The number of nitrogens with one attached hydrogen (secondary N) is 2. The Morgan fingerprint density at radius 3 is 2.96 bits per heavy atom. The molecule has 6 heteroatoms. The molecule has 2 aromatic rings. The van der Waals surface area contributed by atoms with Crippen LogP contribution in [0.15, 0.2) is 47.1 Å². The third-order valence-electron chi connectivity index (χ3n) is 4.03. The maximum Gasteiger partial charge on any atom is 0.315 e. The maximum absolute atomic E-state index is 12.0. The second kappa shape index (κ2) is 6.26. The van der Waals surface area contributed by atoms with Crippen LogP contribution in [0.3, 0.4) is 0 Å². The molecule has 5 nitrogen and oxygen atoms in total. The molecule has 2 amide bonds. The molecule has 3 rings (SSSR count). The summed E-state index contributed by atoms with van der Waals surface area (Å²) in [5, 5.41) is 16.6. The second-order valence-electron chi connectivity index (χ2n) is 6.08. The van der Waals surface area contributed by atoms with Gasteiger partial charge in [-0.15, -0.1) is 0 Å². The molecule has 0 aliphatic heterocycles. The molecule has 0 spiro atoms. The molecule has 3 N–H and O–H groups in total. The molecule has 1 aromatic heterocycles. The van der Waals surface area contributed by atoms with Crippen LogP contribution in [-0.2, 0) is 5.60 Å². The zero-order chi connectivity index (χ0) is 16.4. The van der Waals surface area contributed by atoms with Crippen molar-refractivity contribution in [2.45, 2.75) is 30.9 Å². The highest BCUT2D eigenvalue weighted by molar-refractivity contribution is 6.30. The molecular formula is C17H19ClN2O3. The highest BCUT2D eigenvalue weighted by atomic mass is 35.5. The number of carbonyl (C=O) groups is 1. The summed E-state index contributed by atoms with van der Waals surface area (Å²) in [5.41, 5.74) is -0.109. The van der Waals surface area contributed by atoms with Gasteiger partial charge < -0.3 is 20.2 Å². The minimum atomic E-state index is -1.24. The molecule has 1 fully saturated rings. The predicted molar refractivity (Wildman–Crippen MR) is 87.4 cm³/mol. The zero-order valence-corrected chi connectivity index (χ0v) is 13.5. The van der Waals surface area contributed by atoms with Gasteiger partial charge in [0.25, 0.3) is 0 Å². The molecule has 0 radical (unpaired) electrons. The van der Waals surface area contributed by atoms with Gasteiger partial charge in [-0.3, -0.25) is 0 Å². The fourth-order valence-corrected chi connectivity index (χ4v) is 2.80. The average molecular weight is 335 g/mol. The Morgan fingerprint density at radius 2 is 2.26 bits per heavy atom. The minimum Gasteiger partial charge on any atom is -0.466 e. The van der Waals surface area contributed by atoms with Crippen LogP contribution in [0.25, 0.3) is 0 Å². The third kappa shape index (κ3) is 3.86. The third-order valence-corrected chi connectivity index (χ3v) is 4.26. The Kier molecular flexibility index (Phi) is 4.33. The van der Waals surface area contributed by atoms with Crippen LogP contribution in [-0.4, -0.2) is 23.7 Å². The lowest BCUT2D eigenvalue weighted by Gasteiger charge is -2.21. The van der Waals surface area contributed by atoms with Crippen molar-refractivity contribution in [1.29, 1.82) is 0 Å². The van der Waals surface area contributed by atoms with Gasteiger partial charge in [0.05, 0.1) is 12.8 Å². The van der Waals surface area contributed by atoms with Gasteiger partial charge in [0.1, 0.15) is 11.4 Å². The van der Waals surface area contributed by atoms with E-state index in [4.69, 9.17) is 16.0 Å². The van der Waals surface area contributed by atoms with E-state index in [1.807, 2.05) is 24.3 Å². The van der Waals surface area contributed by atoms with Gasteiger partial charge >= 0.3 is 6.03 Å². The smallest absolute Gasteiger partial charge is 0.315 e. The van der Waals surface area contributed by atoms with Crippen LogP contribution in [0.1, 0.15) is 30.6 Å². The van der Waals surface area contributed by atoms with Crippen molar-refractivity contribution >= 4 is 17.6 Å². The molecule has 1 saturated carbocycles. The van der Waals surface area contributed by atoms with Gasteiger partial charge in [0, 0.05) is 17.0 Å². The maximum atomic E-state index is 12.0. The van der Waals surface area contributed by atoms with E-state index >= 15 is 0 Å². The van der Waals surface area contributed by atoms with Crippen molar-refractivity contribution in [2.24, 2.45) is 0 Å². The van der Waals surface area contributed by atoms with Gasteiger partial charge in [0.2, 0.25) is 0 Å². The summed E-state index contributed by atoms with van der Waals surface area (Å²) >= 11 is 5.98. The number of furan rings is 1. The number of hydrogen-bond donors (Lipinski definition) is 3. The standard InChI is InChI=1S/C17H19ClN2O3/c1-17(22,15-6-3-7-23-15)10-19-16(21)20-14-9-13(14)11-4-2-5-12(18)8-11/h2-8,13-14,22H,9-10H2,1H3,(H2,19,20,21). The Bertz CT molecular complexity index is 685. The van der Waals surface area contributed by atoms with E-state index in [2.05, 4.69) is 10.6 Å². The van der Waals surface area contributed by atoms with E-state index in [0.29, 0.717) is 16.7 Å². The minimum absolute atomic E-state index is 0.0703. The molecule has 1 aromatic carbocycles. The summed E-state index contributed by atoms with van der Waals surface area (Å²) in [6.45, 7) is 1.67. The summed E-state index contributed by atoms with van der Waals surface area (Å²) in [6.07, 6.45) is 2.38. The Labute approximate surface area is 139 Å². The number of benzene rings is 1. The van der Waals surface area contributed by atoms with Crippen molar-refractivity contribution in [3.8, 4) is 0 Å². The molecule has 1 aliphatic carbocycles. The van der Waals surface area contributed by atoms with Crippen molar-refractivity contribution in [3.63, 3.8) is 0 Å². The quantitative estimate of drug-likeness (QED) is 0.787. The zero-order valence-electron chi connectivity index (χ0n) is 12.8. The first-order valence-electron chi connectivity index (χ1n) is 7.52. The van der Waals surface area contributed by atoms with E-state index in [0.717, 1.165) is 12.0 Å². The molecule has 1 heterocycles. The summed E-state index contributed by atoms with van der Waals surface area (Å²) in [4.78, 5) is 12.0. The van der Waals surface area contributed by atoms with E-state index in [1.54, 1.807) is 19.1 Å². The van der Waals surface area contributed by atoms with Gasteiger partial charge in [0.15, 0.2) is 0 Å². The number of carbonyl (C=O) groups excluding carboxylic acids is 1. The van der Waals surface area contributed by atoms with Crippen LogP contribution < -0.4 is 10.6 Å². The normalized spacial score (nSPS) is 22.2. The van der Waals surface area contributed by atoms with Crippen LogP contribution >= 0.6 is 11.6 Å². The highest BCUT2D eigenvalue weighted by Crippen LogP contribution is 2.41. The van der Waals surface area contributed by atoms with Crippen molar-refractivity contribution in [2.75, 3.05) is 6.54 Å². The number of halogens is 1. The highest BCUT2D eigenvalue weighted by Gasteiger charge is 2.39. The molecule has 0 saturated heterocycles. The Balaban J connectivity index is 1.48. The lowest BCUT2D eigenvalue weighted by atomic mass is 10.0. The average Bonchev–Trinajstić information content (AvgIpc) is 3.03. The van der Waals surface area contributed by atoms with Gasteiger partial charge in [-0.1, -0.05) is 23.7 Å². The number of rotatable bonds is 5. The number of hydrogen-bond acceptors (Lipinski definition) is 3. The van der Waals surface area contributed by atoms with E-state index in [9.17, 15) is 9.90 Å². The second-order valence-corrected chi connectivity index (χ2v) is 6.52. The summed E-state index contributed by atoms with van der Waals surface area (Å²) < 4.78 is 5.18. The number of aliphatic hydroxyl groups is 1. The SMILES string of the molecule is CC(O)(CNC(=O)NC1CC1c1cccc(Cl)c1)c1ccco1. The van der Waals surface area contributed by atoms with Crippen LogP contribution in [0, 0.1) is 0 Å². The molecule has 3 atom stereocenters. The fraction of sp³-hybridized carbons (Fsp3) is 0.353. The van der Waals surface area contributed by atoms with Crippen LogP contribution in [0.5, 0.6) is 0 Å². The topological polar surface area (TPSA) is 74.5 Å². The van der Waals surface area contributed by atoms with Gasteiger partial charge in [-0.05, 0) is 43.2 Å². The lowest BCUT2D eigenvalue weighted by molar-refractivity contribution is 0.0367.